The Labute approximate surface area is 696 Å². The van der Waals surface area contributed by atoms with Crippen molar-refractivity contribution in [3.05, 3.63) is 0 Å². The Hall–Kier alpha value is -1.94. The van der Waals surface area contributed by atoms with E-state index in [0.717, 1.165) is 114 Å². The maximum atomic E-state index is 13.2. The summed E-state index contributed by atoms with van der Waals surface area (Å²) in [5.41, 5.74) is 0. The molecule has 17 nitrogen and oxygen atoms in total. The lowest BCUT2D eigenvalue weighted by molar-refractivity contribution is -0.161. The standard InChI is InChI=1S/C94H184O17P2/c1-9-85(6)71-63-55-47-38-32-26-20-16-12-14-18-22-29-35-41-50-58-66-74-91(96)104-80-89(110-93(98)76-68-60-52-42-36-30-23-19-15-13-17-21-27-33-39-48-56-64-72-86(7)10-2)82-108-112(100,101)106-78-88(95)79-107-113(102,103)109-83-90(81-105-92(97)75-67-59-51-45-44-46-54-62-70-84(4)5)111-94(99)77-69-61-53-43-37-31-25-24-28-34-40-49-57-65-73-87(8)11-3/h84-90,95H,9-83H2,1-8H3,(H,100,101)(H,102,103)/t85?,86?,87?,88-,89-,90-/m1/s1. The Morgan fingerprint density at radius 1 is 0.248 bits per heavy atom. The number of unbranched alkanes of at least 4 members (excludes halogenated alkanes) is 54. The second-order valence-electron chi connectivity index (χ2n) is 35.0. The van der Waals surface area contributed by atoms with Crippen molar-refractivity contribution in [3.63, 3.8) is 0 Å². The topological polar surface area (TPSA) is 237 Å². The van der Waals surface area contributed by atoms with Crippen molar-refractivity contribution in [1.29, 1.82) is 0 Å². The zero-order chi connectivity index (χ0) is 83.0. The van der Waals surface area contributed by atoms with Crippen LogP contribution in [0, 0.1) is 23.7 Å². The van der Waals surface area contributed by atoms with Crippen LogP contribution in [-0.4, -0.2) is 96.7 Å². The molecule has 19 heteroatoms. The fourth-order valence-corrected chi connectivity index (χ4v) is 16.2. The van der Waals surface area contributed by atoms with Crippen LogP contribution in [-0.2, 0) is 65.4 Å². The van der Waals surface area contributed by atoms with Gasteiger partial charge in [0.2, 0.25) is 0 Å². The lowest BCUT2D eigenvalue weighted by Crippen LogP contribution is -2.30. The summed E-state index contributed by atoms with van der Waals surface area (Å²) in [6.07, 6.45) is 75.0. The molecular weight excluding hydrogens is 1460 g/mol. The van der Waals surface area contributed by atoms with Crippen LogP contribution < -0.4 is 0 Å². The number of rotatable bonds is 91. The molecular formula is C94H184O17P2. The maximum absolute atomic E-state index is 13.2. The van der Waals surface area contributed by atoms with Gasteiger partial charge in [-0.2, -0.15) is 0 Å². The van der Waals surface area contributed by atoms with Gasteiger partial charge in [0.25, 0.3) is 0 Å². The van der Waals surface area contributed by atoms with Gasteiger partial charge >= 0.3 is 39.5 Å². The zero-order valence-electron chi connectivity index (χ0n) is 75.0. The van der Waals surface area contributed by atoms with Crippen molar-refractivity contribution >= 4 is 39.5 Å². The van der Waals surface area contributed by atoms with Gasteiger partial charge in [-0.05, 0) is 49.4 Å². The van der Waals surface area contributed by atoms with Gasteiger partial charge in [0.15, 0.2) is 12.2 Å². The summed E-state index contributed by atoms with van der Waals surface area (Å²) in [6, 6.07) is 0. The molecule has 0 saturated carbocycles. The number of carbonyl (C=O) groups is 4. The van der Waals surface area contributed by atoms with E-state index in [9.17, 15) is 43.2 Å². The molecule has 0 spiro atoms. The van der Waals surface area contributed by atoms with Gasteiger partial charge in [0.05, 0.1) is 26.4 Å². The van der Waals surface area contributed by atoms with E-state index in [1.165, 1.54) is 302 Å². The van der Waals surface area contributed by atoms with Gasteiger partial charge in [-0.1, -0.05) is 447 Å². The number of aliphatic hydroxyl groups excluding tert-OH is 1. The van der Waals surface area contributed by atoms with Crippen LogP contribution in [0.5, 0.6) is 0 Å². The molecule has 8 atom stereocenters. The van der Waals surface area contributed by atoms with Gasteiger partial charge in [-0.15, -0.1) is 0 Å². The first kappa shape index (κ1) is 111. The Morgan fingerprint density at radius 3 is 0.628 bits per heavy atom. The van der Waals surface area contributed by atoms with Crippen LogP contribution in [0.1, 0.15) is 498 Å². The molecule has 0 bridgehead atoms. The fourth-order valence-electron chi connectivity index (χ4n) is 14.6. The molecule has 0 fully saturated rings. The number of hydrogen-bond acceptors (Lipinski definition) is 15. The summed E-state index contributed by atoms with van der Waals surface area (Å²) < 4.78 is 69.1. The minimum absolute atomic E-state index is 0.107. The number of aliphatic hydroxyl groups is 1. The van der Waals surface area contributed by atoms with E-state index in [2.05, 4.69) is 55.4 Å². The normalized spacial score (nSPS) is 14.5. The first-order valence-corrected chi connectivity index (χ1v) is 51.3. The van der Waals surface area contributed by atoms with Gasteiger partial charge in [0, 0.05) is 25.7 Å². The van der Waals surface area contributed by atoms with Crippen LogP contribution in [0.4, 0.5) is 0 Å². The molecule has 3 N–H and O–H groups in total. The Kier molecular flexibility index (Phi) is 81.0. The van der Waals surface area contributed by atoms with Crippen LogP contribution in [0.2, 0.25) is 0 Å². The van der Waals surface area contributed by atoms with Gasteiger partial charge in [-0.3, -0.25) is 37.3 Å². The smallest absolute Gasteiger partial charge is 0.462 e. The van der Waals surface area contributed by atoms with Gasteiger partial charge < -0.3 is 33.8 Å². The third-order valence-corrected chi connectivity index (χ3v) is 25.1. The van der Waals surface area contributed by atoms with Crippen LogP contribution >= 0.6 is 15.6 Å². The Morgan fingerprint density at radius 2 is 0.425 bits per heavy atom. The number of phosphoric ester groups is 2. The summed E-state index contributed by atoms with van der Waals surface area (Å²) in [6.45, 7) is 14.5. The third-order valence-electron chi connectivity index (χ3n) is 23.2. The van der Waals surface area contributed by atoms with Crippen LogP contribution in [0.15, 0.2) is 0 Å². The Bertz CT molecular complexity index is 2190. The van der Waals surface area contributed by atoms with E-state index < -0.39 is 97.5 Å². The van der Waals surface area contributed by atoms with E-state index in [1.807, 2.05) is 0 Å². The molecule has 0 aromatic heterocycles. The lowest BCUT2D eigenvalue weighted by Gasteiger charge is -2.21. The minimum atomic E-state index is -4.97. The molecule has 113 heavy (non-hydrogen) atoms. The van der Waals surface area contributed by atoms with Crippen molar-refractivity contribution in [3.8, 4) is 0 Å². The van der Waals surface area contributed by atoms with Gasteiger partial charge in [-0.25, -0.2) is 9.13 Å². The van der Waals surface area contributed by atoms with Crippen LogP contribution in [0.25, 0.3) is 0 Å². The maximum Gasteiger partial charge on any atom is 0.472 e. The molecule has 0 aliphatic carbocycles. The molecule has 0 amide bonds. The Balaban J connectivity index is 5.24. The molecule has 0 aliphatic heterocycles. The second kappa shape index (κ2) is 82.4. The number of phosphoric acid groups is 2. The molecule has 0 aromatic carbocycles. The van der Waals surface area contributed by atoms with E-state index in [-0.39, 0.29) is 25.7 Å². The predicted molar refractivity (Wildman–Crippen MR) is 469 cm³/mol. The molecule has 0 aliphatic rings. The molecule has 0 aromatic rings. The molecule has 5 unspecified atom stereocenters. The first-order valence-electron chi connectivity index (χ1n) is 48.3. The summed E-state index contributed by atoms with van der Waals surface area (Å²) in [5, 5.41) is 10.7. The van der Waals surface area contributed by atoms with E-state index in [4.69, 9.17) is 37.0 Å². The molecule has 0 saturated heterocycles. The fraction of sp³-hybridized carbons (Fsp3) is 0.957. The lowest BCUT2D eigenvalue weighted by atomic mass is 9.99. The summed E-state index contributed by atoms with van der Waals surface area (Å²) >= 11 is 0. The van der Waals surface area contributed by atoms with Gasteiger partial charge in [0.1, 0.15) is 19.3 Å². The second-order valence-corrected chi connectivity index (χ2v) is 37.9. The van der Waals surface area contributed by atoms with Crippen molar-refractivity contribution in [2.75, 3.05) is 39.6 Å². The highest BCUT2D eigenvalue weighted by molar-refractivity contribution is 7.47. The monoisotopic (exact) mass is 1650 g/mol. The van der Waals surface area contributed by atoms with E-state index in [1.54, 1.807) is 0 Å². The highest BCUT2D eigenvalue weighted by Gasteiger charge is 2.31. The van der Waals surface area contributed by atoms with Crippen molar-refractivity contribution < 1.29 is 80.2 Å². The largest absolute Gasteiger partial charge is 0.472 e. The van der Waals surface area contributed by atoms with E-state index >= 15 is 0 Å². The zero-order valence-corrected chi connectivity index (χ0v) is 76.8. The third kappa shape index (κ3) is 83.5. The van der Waals surface area contributed by atoms with Crippen molar-refractivity contribution in [1.82, 2.24) is 0 Å². The SMILES string of the molecule is CCC(C)CCCCCCCCCCCCCCCCCCCCC(=O)OC[C@H](COP(=O)(O)OC[C@@H](O)COP(=O)(O)OC[C@@H](COC(=O)CCCCCCCCCCC(C)C)OC(=O)CCCCCCCCCCCCCCCCC(C)CC)OC(=O)CCCCCCCCCCCCCCCCCCCCC(C)CC. The number of ether oxygens (including phenoxy) is 4. The van der Waals surface area contributed by atoms with Crippen LogP contribution in [0.3, 0.4) is 0 Å². The van der Waals surface area contributed by atoms with Crippen molar-refractivity contribution in [2.24, 2.45) is 23.7 Å². The quantitative estimate of drug-likeness (QED) is 0.0222. The number of carbonyl (C=O) groups excluding carboxylic acids is 4. The highest BCUT2D eigenvalue weighted by Crippen LogP contribution is 2.45. The molecule has 672 valence electrons. The highest BCUT2D eigenvalue weighted by atomic mass is 31.2. The number of hydrogen-bond donors (Lipinski definition) is 3. The average molecular weight is 1650 g/mol. The molecule has 0 radical (unpaired) electrons. The minimum Gasteiger partial charge on any atom is -0.462 e. The average Bonchev–Trinajstić information content (AvgIpc) is 0.929. The summed E-state index contributed by atoms with van der Waals surface area (Å²) in [7, 11) is -9.94. The first-order chi connectivity index (χ1) is 54.7. The molecule has 0 heterocycles. The molecule has 0 rings (SSSR count). The predicted octanol–water partition coefficient (Wildman–Crippen LogP) is 29.1. The summed E-state index contributed by atoms with van der Waals surface area (Å²) in [4.78, 5) is 73.5. The number of esters is 4. The van der Waals surface area contributed by atoms with E-state index in [0.29, 0.717) is 25.7 Å². The summed E-state index contributed by atoms with van der Waals surface area (Å²) in [5.74, 6) is 1.22. The van der Waals surface area contributed by atoms with Crippen molar-refractivity contribution in [2.45, 2.75) is 517 Å².